The first-order valence-electron chi connectivity index (χ1n) is 12.1. The Morgan fingerprint density at radius 1 is 1.03 bits per heavy atom. The number of methoxy groups -OCH3 is 1. The van der Waals surface area contributed by atoms with E-state index in [0.717, 1.165) is 47.6 Å². The molecule has 0 bridgehead atoms. The van der Waals surface area contributed by atoms with Gasteiger partial charge in [0.05, 0.1) is 18.8 Å². The highest BCUT2D eigenvalue weighted by atomic mass is 32.1. The molecule has 8 nitrogen and oxygen atoms in total. The first-order chi connectivity index (χ1) is 17.4. The highest BCUT2D eigenvalue weighted by Gasteiger charge is 2.29. The molecular weight excluding hydrogens is 476 g/mol. The minimum absolute atomic E-state index is 0.175. The van der Waals surface area contributed by atoms with Crippen LogP contribution in [-0.4, -0.2) is 36.1 Å². The van der Waals surface area contributed by atoms with Crippen molar-refractivity contribution in [2.24, 2.45) is 0 Å². The molecule has 1 saturated carbocycles. The third-order valence-corrected chi connectivity index (χ3v) is 6.92. The molecule has 2 atom stereocenters. The smallest absolute Gasteiger partial charge is 0.319 e. The second kappa shape index (κ2) is 11.9. The number of amides is 3. The first-order valence-corrected chi connectivity index (χ1v) is 13.0. The van der Waals surface area contributed by atoms with Gasteiger partial charge in [-0.1, -0.05) is 31.0 Å². The zero-order chi connectivity index (χ0) is 25.5. The molecule has 2 aromatic carbocycles. The van der Waals surface area contributed by atoms with Crippen LogP contribution in [-0.2, 0) is 6.61 Å². The van der Waals surface area contributed by atoms with Gasteiger partial charge in [0.2, 0.25) is 0 Å². The third-order valence-electron chi connectivity index (χ3n) is 6.10. The zero-order valence-electron chi connectivity index (χ0n) is 20.8. The summed E-state index contributed by atoms with van der Waals surface area (Å²) in [6, 6.07) is 12.6. The molecule has 0 spiro atoms. The summed E-state index contributed by atoms with van der Waals surface area (Å²) in [5.41, 5.74) is 3.22. The second-order valence-corrected chi connectivity index (χ2v) is 9.95. The molecule has 1 aliphatic carbocycles. The van der Waals surface area contributed by atoms with Crippen molar-refractivity contribution in [3.8, 4) is 11.5 Å². The van der Waals surface area contributed by atoms with Crippen LogP contribution in [0.3, 0.4) is 0 Å². The van der Waals surface area contributed by atoms with Crippen molar-refractivity contribution >= 4 is 29.0 Å². The van der Waals surface area contributed by atoms with Gasteiger partial charge in [-0.25, -0.2) is 9.78 Å². The topological polar surface area (TPSA) is 102 Å². The van der Waals surface area contributed by atoms with Crippen LogP contribution >= 0.6 is 11.3 Å². The molecule has 0 saturated heterocycles. The summed E-state index contributed by atoms with van der Waals surface area (Å²) in [5.74, 6) is 1.13. The number of hydrogen-bond donors (Lipinski definition) is 3. The largest absolute Gasteiger partial charge is 0.495 e. The van der Waals surface area contributed by atoms with Crippen LogP contribution in [0.4, 0.5) is 10.5 Å². The summed E-state index contributed by atoms with van der Waals surface area (Å²) < 4.78 is 11.2. The number of nitrogens with one attached hydrogen (secondary N) is 3. The normalized spacial score (nSPS) is 17.2. The number of aromatic nitrogens is 1. The molecule has 3 N–H and O–H groups in total. The molecule has 0 aliphatic heterocycles. The molecule has 190 valence electrons. The summed E-state index contributed by atoms with van der Waals surface area (Å²) in [6.45, 7) is 4.36. The standard InChI is InChI=1S/C27H32N4O4S/c1-17-12-18(2)14-19(13-17)35-15-25-28-23(16-36-25)26(32)29-20-8-4-5-9-21(20)30-27(33)31-22-10-6-7-11-24(22)34-3/h6-7,10-14,16,20-21H,4-5,8-9,15H2,1-3H3,(H,29,32)(H2,30,31,33)/t20-,21-/m1/s1. The lowest BCUT2D eigenvalue weighted by Crippen LogP contribution is -2.54. The van der Waals surface area contributed by atoms with Crippen molar-refractivity contribution in [3.05, 3.63) is 69.7 Å². The van der Waals surface area contributed by atoms with Gasteiger partial charge in [0.25, 0.3) is 5.91 Å². The van der Waals surface area contributed by atoms with Crippen molar-refractivity contribution in [2.75, 3.05) is 12.4 Å². The van der Waals surface area contributed by atoms with Crippen LogP contribution in [0, 0.1) is 13.8 Å². The molecule has 1 aliphatic rings. The predicted molar refractivity (Wildman–Crippen MR) is 141 cm³/mol. The van der Waals surface area contributed by atoms with Gasteiger partial charge < -0.3 is 25.4 Å². The monoisotopic (exact) mass is 508 g/mol. The molecule has 0 radical (unpaired) electrons. The van der Waals surface area contributed by atoms with E-state index in [1.807, 2.05) is 38.1 Å². The molecule has 9 heteroatoms. The second-order valence-electron chi connectivity index (χ2n) is 9.01. The Balaban J connectivity index is 1.32. The van der Waals surface area contributed by atoms with E-state index in [2.05, 4.69) is 27.0 Å². The minimum atomic E-state index is -0.329. The van der Waals surface area contributed by atoms with Gasteiger partial charge in [-0.2, -0.15) is 0 Å². The summed E-state index contributed by atoms with van der Waals surface area (Å²) >= 11 is 1.40. The summed E-state index contributed by atoms with van der Waals surface area (Å²) in [7, 11) is 1.56. The number of carbonyl (C=O) groups excluding carboxylic acids is 2. The SMILES string of the molecule is COc1ccccc1NC(=O)N[C@@H]1CCCC[C@H]1NC(=O)c1csc(COc2cc(C)cc(C)c2)n1. The van der Waals surface area contributed by atoms with Gasteiger partial charge in [-0.15, -0.1) is 11.3 Å². The molecule has 1 aromatic heterocycles. The molecule has 36 heavy (non-hydrogen) atoms. The Hall–Kier alpha value is -3.59. The van der Waals surface area contributed by atoms with Gasteiger partial charge in [0, 0.05) is 11.4 Å². The van der Waals surface area contributed by atoms with Gasteiger partial charge in [-0.3, -0.25) is 4.79 Å². The van der Waals surface area contributed by atoms with Gasteiger partial charge in [0.15, 0.2) is 0 Å². The number of rotatable bonds is 8. The average Bonchev–Trinajstić information content (AvgIpc) is 3.33. The average molecular weight is 509 g/mol. The van der Waals surface area contributed by atoms with Crippen molar-refractivity contribution in [1.29, 1.82) is 0 Å². The number of ether oxygens (including phenoxy) is 2. The number of para-hydroxylation sites is 2. The molecule has 0 unspecified atom stereocenters. The molecule has 4 rings (SSSR count). The van der Waals surface area contributed by atoms with Crippen molar-refractivity contribution in [2.45, 2.75) is 58.2 Å². The van der Waals surface area contributed by atoms with Crippen molar-refractivity contribution in [1.82, 2.24) is 15.6 Å². The van der Waals surface area contributed by atoms with Gasteiger partial charge in [-0.05, 0) is 62.1 Å². The van der Waals surface area contributed by atoms with E-state index in [1.165, 1.54) is 11.3 Å². The maximum absolute atomic E-state index is 12.9. The van der Waals surface area contributed by atoms with E-state index in [4.69, 9.17) is 9.47 Å². The van der Waals surface area contributed by atoms with Crippen LogP contribution in [0.15, 0.2) is 47.8 Å². The summed E-state index contributed by atoms with van der Waals surface area (Å²) in [6.07, 6.45) is 3.56. The number of thiazole rings is 1. The van der Waals surface area contributed by atoms with Crippen molar-refractivity contribution in [3.63, 3.8) is 0 Å². The van der Waals surface area contributed by atoms with Crippen LogP contribution in [0.25, 0.3) is 0 Å². The zero-order valence-corrected chi connectivity index (χ0v) is 21.6. The minimum Gasteiger partial charge on any atom is -0.495 e. The third kappa shape index (κ3) is 6.75. The molecule has 3 amide bonds. The molecule has 1 fully saturated rings. The number of hydrogen-bond acceptors (Lipinski definition) is 6. The fourth-order valence-corrected chi connectivity index (χ4v) is 5.12. The fourth-order valence-electron chi connectivity index (χ4n) is 4.44. The quantitative estimate of drug-likeness (QED) is 0.388. The maximum atomic E-state index is 12.9. The number of urea groups is 1. The maximum Gasteiger partial charge on any atom is 0.319 e. The van der Waals surface area contributed by atoms with Crippen LogP contribution in [0.5, 0.6) is 11.5 Å². The Kier molecular flexibility index (Phi) is 8.43. The van der Waals surface area contributed by atoms with E-state index in [-0.39, 0.29) is 24.0 Å². The lowest BCUT2D eigenvalue weighted by Gasteiger charge is -2.32. The number of nitrogens with zero attached hydrogens (tertiary/aromatic N) is 1. The van der Waals surface area contributed by atoms with E-state index in [0.29, 0.717) is 23.7 Å². The number of aryl methyl sites for hydroxylation is 2. The first kappa shape index (κ1) is 25.5. The lowest BCUT2D eigenvalue weighted by molar-refractivity contribution is 0.0911. The Morgan fingerprint density at radius 2 is 1.72 bits per heavy atom. The number of anilines is 1. The Labute approximate surface area is 215 Å². The van der Waals surface area contributed by atoms with E-state index in [9.17, 15) is 9.59 Å². The molecule has 1 heterocycles. The lowest BCUT2D eigenvalue weighted by atomic mass is 9.90. The van der Waals surface area contributed by atoms with E-state index in [1.54, 1.807) is 24.6 Å². The fraction of sp³-hybridized carbons (Fsp3) is 0.370. The van der Waals surface area contributed by atoms with Gasteiger partial charge in [0.1, 0.15) is 28.8 Å². The van der Waals surface area contributed by atoms with Crippen LogP contribution in [0.1, 0.15) is 52.3 Å². The Bertz CT molecular complexity index is 1190. The number of benzene rings is 2. The molecule has 3 aromatic rings. The Morgan fingerprint density at radius 3 is 2.44 bits per heavy atom. The highest BCUT2D eigenvalue weighted by molar-refractivity contribution is 7.09. The van der Waals surface area contributed by atoms with Crippen LogP contribution < -0.4 is 25.4 Å². The van der Waals surface area contributed by atoms with E-state index < -0.39 is 0 Å². The van der Waals surface area contributed by atoms with E-state index >= 15 is 0 Å². The molecular formula is C27H32N4O4S. The van der Waals surface area contributed by atoms with Crippen LogP contribution in [0.2, 0.25) is 0 Å². The van der Waals surface area contributed by atoms with Gasteiger partial charge >= 0.3 is 6.03 Å². The summed E-state index contributed by atoms with van der Waals surface area (Å²) in [5, 5.41) is 11.4. The summed E-state index contributed by atoms with van der Waals surface area (Å²) in [4.78, 5) is 30.1. The predicted octanol–water partition coefficient (Wildman–Crippen LogP) is 5.21. The number of carbonyl (C=O) groups is 2. The van der Waals surface area contributed by atoms with Crippen molar-refractivity contribution < 1.29 is 19.1 Å². The highest BCUT2D eigenvalue weighted by Crippen LogP contribution is 2.24.